The van der Waals surface area contributed by atoms with Gasteiger partial charge in [-0.15, -0.1) is 0 Å². The Kier molecular flexibility index (Phi) is 7.30. The monoisotopic (exact) mass is 266 g/mol. The topological polar surface area (TPSA) is 56.5 Å². The average molecular weight is 266 g/mol. The zero-order chi connectivity index (χ0) is 14.1. The summed E-state index contributed by atoms with van der Waals surface area (Å²) < 4.78 is 11.0. The summed E-state index contributed by atoms with van der Waals surface area (Å²) in [6.45, 7) is 6.46. The second-order valence-electron chi connectivity index (χ2n) is 4.69. The summed E-state index contributed by atoms with van der Waals surface area (Å²) in [6, 6.07) is 6.48. The highest BCUT2D eigenvalue weighted by Gasteiger charge is 2.06. The molecule has 1 unspecified atom stereocenters. The van der Waals surface area contributed by atoms with E-state index in [-0.39, 0.29) is 0 Å². The van der Waals surface area contributed by atoms with Crippen LogP contribution in [-0.4, -0.2) is 26.3 Å². The third-order valence-electron chi connectivity index (χ3n) is 2.94. The molecule has 19 heavy (non-hydrogen) atoms. The molecular weight excluding hydrogens is 240 g/mol. The average Bonchev–Trinajstić information content (AvgIpc) is 2.43. The van der Waals surface area contributed by atoms with Gasteiger partial charge in [0.25, 0.3) is 0 Å². The van der Waals surface area contributed by atoms with Gasteiger partial charge in [-0.3, -0.25) is 0 Å². The van der Waals surface area contributed by atoms with Crippen LogP contribution in [0.25, 0.3) is 0 Å². The molecule has 108 valence electrons. The zero-order valence-electron chi connectivity index (χ0n) is 12.2. The molecule has 0 aliphatic rings. The lowest BCUT2D eigenvalue weighted by molar-refractivity contribution is 0.294. The largest absolute Gasteiger partial charge is 0.493 e. The van der Waals surface area contributed by atoms with Crippen molar-refractivity contribution in [2.24, 2.45) is 5.73 Å². The van der Waals surface area contributed by atoms with E-state index in [0.717, 1.165) is 30.9 Å². The van der Waals surface area contributed by atoms with Gasteiger partial charge in [0.2, 0.25) is 0 Å². The lowest BCUT2D eigenvalue weighted by atomic mass is 10.1. The molecule has 4 nitrogen and oxygen atoms in total. The number of methoxy groups -OCH3 is 1. The summed E-state index contributed by atoms with van der Waals surface area (Å²) in [7, 11) is 1.67. The molecule has 4 heteroatoms. The Labute approximate surface area is 116 Å². The van der Waals surface area contributed by atoms with E-state index < -0.39 is 0 Å². The van der Waals surface area contributed by atoms with Crippen molar-refractivity contribution in [3.8, 4) is 11.5 Å². The van der Waals surface area contributed by atoms with Crippen LogP contribution in [0.15, 0.2) is 18.2 Å². The van der Waals surface area contributed by atoms with Gasteiger partial charge >= 0.3 is 0 Å². The highest BCUT2D eigenvalue weighted by Crippen LogP contribution is 2.28. The van der Waals surface area contributed by atoms with Crippen LogP contribution in [0.5, 0.6) is 11.5 Å². The fourth-order valence-corrected chi connectivity index (χ4v) is 1.80. The van der Waals surface area contributed by atoms with E-state index in [4.69, 9.17) is 15.2 Å². The van der Waals surface area contributed by atoms with Gasteiger partial charge in [-0.05, 0) is 44.0 Å². The predicted molar refractivity (Wildman–Crippen MR) is 78.8 cm³/mol. The molecule has 0 heterocycles. The van der Waals surface area contributed by atoms with Crippen LogP contribution in [0.3, 0.4) is 0 Å². The SMILES string of the molecule is CCCOc1ccc(CNC(C)CCN)cc1OC. The van der Waals surface area contributed by atoms with Crippen molar-refractivity contribution in [2.75, 3.05) is 20.3 Å². The van der Waals surface area contributed by atoms with Gasteiger partial charge in [0, 0.05) is 12.6 Å². The molecule has 0 aliphatic carbocycles. The van der Waals surface area contributed by atoms with Crippen LogP contribution < -0.4 is 20.5 Å². The first-order valence-electron chi connectivity index (χ1n) is 6.94. The molecule has 0 spiro atoms. The van der Waals surface area contributed by atoms with Crippen LogP contribution in [0.1, 0.15) is 32.3 Å². The first-order chi connectivity index (χ1) is 9.21. The molecule has 1 aromatic rings. The number of hydrogen-bond acceptors (Lipinski definition) is 4. The standard InChI is InChI=1S/C15H26N2O2/c1-4-9-19-14-6-5-13(10-15(14)18-3)11-17-12(2)7-8-16/h5-6,10,12,17H,4,7-9,11,16H2,1-3H3. The summed E-state index contributed by atoms with van der Waals surface area (Å²) in [5.74, 6) is 1.60. The van der Waals surface area contributed by atoms with E-state index in [1.54, 1.807) is 7.11 Å². The van der Waals surface area contributed by atoms with Crippen molar-refractivity contribution in [1.82, 2.24) is 5.32 Å². The Balaban J connectivity index is 2.60. The van der Waals surface area contributed by atoms with E-state index in [2.05, 4.69) is 25.2 Å². The van der Waals surface area contributed by atoms with Crippen LogP contribution >= 0.6 is 0 Å². The quantitative estimate of drug-likeness (QED) is 0.720. The number of nitrogens with one attached hydrogen (secondary N) is 1. The number of ether oxygens (including phenoxy) is 2. The van der Waals surface area contributed by atoms with Gasteiger partial charge in [-0.2, -0.15) is 0 Å². The third-order valence-corrected chi connectivity index (χ3v) is 2.94. The van der Waals surface area contributed by atoms with Crippen LogP contribution in [-0.2, 0) is 6.54 Å². The van der Waals surface area contributed by atoms with Crippen molar-refractivity contribution in [1.29, 1.82) is 0 Å². The van der Waals surface area contributed by atoms with Gasteiger partial charge in [0.1, 0.15) is 0 Å². The molecule has 3 N–H and O–H groups in total. The molecule has 0 radical (unpaired) electrons. The minimum Gasteiger partial charge on any atom is -0.493 e. The maximum atomic E-state index is 5.63. The van der Waals surface area contributed by atoms with Crippen molar-refractivity contribution < 1.29 is 9.47 Å². The summed E-state index contributed by atoms with van der Waals surface area (Å²) in [5.41, 5.74) is 6.72. The van der Waals surface area contributed by atoms with Gasteiger partial charge in [-0.25, -0.2) is 0 Å². The Morgan fingerprint density at radius 3 is 2.74 bits per heavy atom. The zero-order valence-corrected chi connectivity index (χ0v) is 12.2. The Morgan fingerprint density at radius 2 is 2.11 bits per heavy atom. The number of benzene rings is 1. The Morgan fingerprint density at radius 1 is 1.32 bits per heavy atom. The van der Waals surface area contributed by atoms with E-state index in [1.165, 1.54) is 5.56 Å². The molecule has 0 bridgehead atoms. The van der Waals surface area contributed by atoms with Crippen molar-refractivity contribution in [3.05, 3.63) is 23.8 Å². The van der Waals surface area contributed by atoms with Crippen LogP contribution in [0.4, 0.5) is 0 Å². The maximum Gasteiger partial charge on any atom is 0.161 e. The highest BCUT2D eigenvalue weighted by atomic mass is 16.5. The molecule has 0 saturated heterocycles. The molecule has 1 rings (SSSR count). The second kappa shape index (κ2) is 8.77. The summed E-state index contributed by atoms with van der Waals surface area (Å²) in [5, 5.41) is 3.44. The minimum atomic E-state index is 0.423. The maximum absolute atomic E-state index is 5.63. The summed E-state index contributed by atoms with van der Waals surface area (Å²) >= 11 is 0. The van der Waals surface area contributed by atoms with Gasteiger partial charge in [0.05, 0.1) is 13.7 Å². The number of hydrogen-bond donors (Lipinski definition) is 2. The second-order valence-corrected chi connectivity index (χ2v) is 4.69. The minimum absolute atomic E-state index is 0.423. The van der Waals surface area contributed by atoms with Crippen LogP contribution in [0.2, 0.25) is 0 Å². The van der Waals surface area contributed by atoms with Gasteiger partial charge in [0.15, 0.2) is 11.5 Å². The van der Waals surface area contributed by atoms with Gasteiger partial charge < -0.3 is 20.5 Å². The number of rotatable bonds is 9. The Bertz CT molecular complexity index is 369. The van der Waals surface area contributed by atoms with Crippen molar-refractivity contribution >= 4 is 0 Å². The molecule has 0 aliphatic heterocycles. The molecule has 1 atom stereocenters. The number of nitrogens with two attached hydrogens (primary N) is 1. The molecule has 0 saturated carbocycles. The van der Waals surface area contributed by atoms with Crippen LogP contribution in [0, 0.1) is 0 Å². The molecule has 1 aromatic carbocycles. The molecule has 0 aromatic heterocycles. The highest BCUT2D eigenvalue weighted by molar-refractivity contribution is 5.42. The third kappa shape index (κ3) is 5.49. The normalized spacial score (nSPS) is 12.2. The fraction of sp³-hybridized carbons (Fsp3) is 0.600. The predicted octanol–water partition coefficient (Wildman–Crippen LogP) is 2.31. The van der Waals surface area contributed by atoms with Crippen molar-refractivity contribution in [3.63, 3.8) is 0 Å². The van der Waals surface area contributed by atoms with E-state index in [9.17, 15) is 0 Å². The molecule has 0 amide bonds. The lowest BCUT2D eigenvalue weighted by Gasteiger charge is -2.15. The smallest absolute Gasteiger partial charge is 0.161 e. The van der Waals surface area contributed by atoms with Crippen molar-refractivity contribution in [2.45, 2.75) is 39.3 Å². The Hall–Kier alpha value is -1.26. The summed E-state index contributed by atoms with van der Waals surface area (Å²) in [6.07, 6.45) is 1.97. The fourth-order valence-electron chi connectivity index (χ4n) is 1.80. The van der Waals surface area contributed by atoms with E-state index >= 15 is 0 Å². The molecular formula is C15H26N2O2. The first kappa shape index (κ1) is 15.8. The van der Waals surface area contributed by atoms with E-state index in [0.29, 0.717) is 19.2 Å². The molecule has 0 fully saturated rings. The summed E-state index contributed by atoms with van der Waals surface area (Å²) in [4.78, 5) is 0. The van der Waals surface area contributed by atoms with Gasteiger partial charge in [-0.1, -0.05) is 13.0 Å². The lowest BCUT2D eigenvalue weighted by Crippen LogP contribution is -2.27. The van der Waals surface area contributed by atoms with E-state index in [1.807, 2.05) is 12.1 Å². The first-order valence-corrected chi connectivity index (χ1v) is 6.94.